The lowest BCUT2D eigenvalue weighted by Gasteiger charge is -2.42. The second-order valence-electron chi connectivity index (χ2n) is 8.16. The Morgan fingerprint density at radius 3 is 2.45 bits per heavy atom. The predicted octanol–water partition coefficient (Wildman–Crippen LogP) is 3.35. The maximum atomic E-state index is 9.44. The van der Waals surface area contributed by atoms with E-state index in [-0.39, 0.29) is 24.0 Å². The Morgan fingerprint density at radius 1 is 1.10 bits per heavy atom. The van der Waals surface area contributed by atoms with Crippen molar-refractivity contribution in [2.45, 2.75) is 45.6 Å². The third-order valence-corrected chi connectivity index (χ3v) is 5.91. The lowest BCUT2D eigenvalue weighted by Crippen LogP contribution is -2.51. The average Bonchev–Trinajstić information content (AvgIpc) is 2.73. The van der Waals surface area contributed by atoms with Gasteiger partial charge in [-0.25, -0.2) is 4.99 Å². The van der Waals surface area contributed by atoms with Gasteiger partial charge >= 0.3 is 0 Å². The quantitative estimate of drug-likeness (QED) is 0.295. The number of ether oxygens (including phenoxy) is 1. The maximum Gasteiger partial charge on any atom is 0.191 e. The lowest BCUT2D eigenvalue weighted by atomic mass is 9.73. The van der Waals surface area contributed by atoms with Crippen LogP contribution in [0.5, 0.6) is 5.75 Å². The van der Waals surface area contributed by atoms with Crippen LogP contribution in [-0.2, 0) is 11.3 Å². The molecule has 1 saturated heterocycles. The molecule has 2 aliphatic rings. The minimum Gasteiger partial charge on any atom is -0.508 e. The molecule has 0 amide bonds. The van der Waals surface area contributed by atoms with Crippen molar-refractivity contribution in [3.63, 3.8) is 0 Å². The van der Waals surface area contributed by atoms with E-state index in [0.29, 0.717) is 17.7 Å². The molecule has 0 unspecified atom stereocenters. The molecular formula is C22H37IN4O2. The number of nitrogens with zero attached hydrogens (tertiary/aromatic N) is 2. The molecule has 7 heteroatoms. The van der Waals surface area contributed by atoms with Crippen molar-refractivity contribution in [3.05, 3.63) is 29.8 Å². The number of phenols is 1. The summed E-state index contributed by atoms with van der Waals surface area (Å²) in [6.07, 6.45) is 6.59. The smallest absolute Gasteiger partial charge is 0.191 e. The fraction of sp³-hybridized carbons (Fsp3) is 0.682. The van der Waals surface area contributed by atoms with Crippen LogP contribution in [0.4, 0.5) is 0 Å². The van der Waals surface area contributed by atoms with Crippen molar-refractivity contribution < 1.29 is 9.84 Å². The van der Waals surface area contributed by atoms with Gasteiger partial charge in [-0.3, -0.25) is 4.90 Å². The molecule has 0 aromatic heterocycles. The largest absolute Gasteiger partial charge is 0.508 e. The molecule has 29 heavy (non-hydrogen) atoms. The predicted molar refractivity (Wildman–Crippen MR) is 129 cm³/mol. The molecule has 164 valence electrons. The SMILES string of the molecule is CCNC(=NCc1ccc(O)cc1)NCC1(CN2CCOCC2)CCCCC1.I. The van der Waals surface area contributed by atoms with Gasteiger partial charge < -0.3 is 20.5 Å². The summed E-state index contributed by atoms with van der Waals surface area (Å²) in [5.74, 6) is 1.17. The fourth-order valence-electron chi connectivity index (χ4n) is 4.31. The molecule has 1 aromatic carbocycles. The van der Waals surface area contributed by atoms with E-state index < -0.39 is 0 Å². The molecule has 6 nitrogen and oxygen atoms in total. The number of morpholine rings is 1. The molecule has 3 N–H and O–H groups in total. The zero-order valence-corrected chi connectivity index (χ0v) is 20.0. The first-order chi connectivity index (χ1) is 13.7. The highest BCUT2D eigenvalue weighted by atomic mass is 127. The highest BCUT2D eigenvalue weighted by Crippen LogP contribution is 2.36. The number of benzene rings is 1. The monoisotopic (exact) mass is 516 g/mol. The van der Waals surface area contributed by atoms with E-state index in [4.69, 9.17) is 9.73 Å². The molecule has 0 bridgehead atoms. The van der Waals surface area contributed by atoms with Gasteiger partial charge in [0.1, 0.15) is 5.75 Å². The first-order valence-electron chi connectivity index (χ1n) is 10.8. The first kappa shape index (κ1) is 24.2. The second kappa shape index (κ2) is 12.6. The third kappa shape index (κ3) is 7.94. The van der Waals surface area contributed by atoms with E-state index in [1.54, 1.807) is 12.1 Å². The normalized spacial score (nSPS) is 20.0. The van der Waals surface area contributed by atoms with E-state index in [2.05, 4.69) is 22.5 Å². The molecule has 1 saturated carbocycles. The van der Waals surface area contributed by atoms with Crippen LogP contribution < -0.4 is 10.6 Å². The van der Waals surface area contributed by atoms with Crippen LogP contribution in [0.3, 0.4) is 0 Å². The number of phenolic OH excluding ortho intramolecular Hbond substituents is 1. The second-order valence-corrected chi connectivity index (χ2v) is 8.16. The third-order valence-electron chi connectivity index (χ3n) is 5.91. The van der Waals surface area contributed by atoms with Crippen LogP contribution in [0.15, 0.2) is 29.3 Å². The summed E-state index contributed by atoms with van der Waals surface area (Å²) < 4.78 is 5.53. The van der Waals surface area contributed by atoms with Crippen molar-refractivity contribution in [3.8, 4) is 5.75 Å². The Balaban J connectivity index is 0.00000300. The van der Waals surface area contributed by atoms with E-state index >= 15 is 0 Å². The number of rotatable bonds is 7. The number of halogens is 1. The Hall–Kier alpha value is -1.06. The summed E-state index contributed by atoms with van der Waals surface area (Å²) in [6.45, 7) is 9.49. The topological polar surface area (TPSA) is 69.1 Å². The van der Waals surface area contributed by atoms with Crippen molar-refractivity contribution >= 4 is 29.9 Å². The molecular weight excluding hydrogens is 479 g/mol. The number of aromatic hydroxyl groups is 1. The molecule has 0 radical (unpaired) electrons. The zero-order valence-electron chi connectivity index (χ0n) is 17.7. The van der Waals surface area contributed by atoms with Gasteiger partial charge in [0.05, 0.1) is 19.8 Å². The van der Waals surface area contributed by atoms with Gasteiger partial charge in [0, 0.05) is 38.1 Å². The van der Waals surface area contributed by atoms with E-state index in [0.717, 1.165) is 57.5 Å². The standard InChI is InChI=1S/C22H36N4O2.HI/c1-2-23-21(24-16-19-6-8-20(27)9-7-19)25-17-22(10-4-3-5-11-22)18-26-12-14-28-15-13-26;/h6-9,27H,2-5,10-18H2,1H3,(H2,23,24,25);1H. The highest BCUT2D eigenvalue weighted by Gasteiger charge is 2.34. The fourth-order valence-corrected chi connectivity index (χ4v) is 4.31. The summed E-state index contributed by atoms with van der Waals surface area (Å²) >= 11 is 0. The van der Waals surface area contributed by atoms with Crippen molar-refractivity contribution in [1.29, 1.82) is 0 Å². The molecule has 2 fully saturated rings. The molecule has 0 atom stereocenters. The molecule has 1 heterocycles. The highest BCUT2D eigenvalue weighted by molar-refractivity contribution is 14.0. The Morgan fingerprint density at radius 2 is 1.79 bits per heavy atom. The summed E-state index contributed by atoms with van der Waals surface area (Å²) in [6, 6.07) is 7.27. The Kier molecular flexibility index (Phi) is 10.5. The summed E-state index contributed by atoms with van der Waals surface area (Å²) in [5, 5.41) is 16.5. The summed E-state index contributed by atoms with van der Waals surface area (Å²) in [5.41, 5.74) is 1.42. The molecule has 3 rings (SSSR count). The molecule has 1 aliphatic carbocycles. The van der Waals surface area contributed by atoms with Crippen LogP contribution in [-0.4, -0.2) is 61.9 Å². The van der Waals surface area contributed by atoms with Crippen molar-refractivity contribution in [2.24, 2.45) is 10.4 Å². The lowest BCUT2D eigenvalue weighted by molar-refractivity contribution is 0.00820. The number of guanidine groups is 1. The molecule has 0 spiro atoms. The number of aliphatic imine (C=N–C) groups is 1. The number of hydrogen-bond acceptors (Lipinski definition) is 4. The average molecular weight is 516 g/mol. The van der Waals surface area contributed by atoms with Gasteiger partial charge in [-0.1, -0.05) is 31.4 Å². The Labute approximate surface area is 192 Å². The zero-order chi connectivity index (χ0) is 19.7. The molecule has 1 aromatic rings. The summed E-state index contributed by atoms with van der Waals surface area (Å²) in [7, 11) is 0. The van der Waals surface area contributed by atoms with Crippen molar-refractivity contribution in [2.75, 3.05) is 45.9 Å². The van der Waals surface area contributed by atoms with Gasteiger partial charge in [0.15, 0.2) is 5.96 Å². The van der Waals surface area contributed by atoms with Gasteiger partial charge in [-0.15, -0.1) is 24.0 Å². The Bertz CT molecular complexity index is 612. The van der Waals surface area contributed by atoms with Crippen LogP contribution in [0.2, 0.25) is 0 Å². The van der Waals surface area contributed by atoms with Crippen LogP contribution in [0, 0.1) is 5.41 Å². The number of hydrogen-bond donors (Lipinski definition) is 3. The van der Waals surface area contributed by atoms with E-state index in [9.17, 15) is 5.11 Å². The maximum absolute atomic E-state index is 9.44. The van der Waals surface area contributed by atoms with Gasteiger partial charge in [-0.2, -0.15) is 0 Å². The minimum atomic E-state index is 0. The van der Waals surface area contributed by atoms with Crippen LogP contribution >= 0.6 is 24.0 Å². The van der Waals surface area contributed by atoms with Crippen LogP contribution in [0.1, 0.15) is 44.6 Å². The van der Waals surface area contributed by atoms with Crippen molar-refractivity contribution in [1.82, 2.24) is 15.5 Å². The van der Waals surface area contributed by atoms with Gasteiger partial charge in [0.25, 0.3) is 0 Å². The van der Waals surface area contributed by atoms with E-state index in [1.165, 1.54) is 32.1 Å². The first-order valence-corrected chi connectivity index (χ1v) is 10.8. The van der Waals surface area contributed by atoms with E-state index in [1.807, 2.05) is 12.1 Å². The minimum absolute atomic E-state index is 0. The number of nitrogens with one attached hydrogen (secondary N) is 2. The molecule has 1 aliphatic heterocycles. The van der Waals surface area contributed by atoms with Crippen LogP contribution in [0.25, 0.3) is 0 Å². The van der Waals surface area contributed by atoms with Gasteiger partial charge in [0.2, 0.25) is 0 Å². The summed E-state index contributed by atoms with van der Waals surface area (Å²) in [4.78, 5) is 7.34. The van der Waals surface area contributed by atoms with Gasteiger partial charge in [-0.05, 0) is 37.5 Å².